The molecule has 258 valence electrons. The quantitative estimate of drug-likeness (QED) is 0.252. The zero-order valence-electron chi connectivity index (χ0n) is 28.0. The number of fused-ring (bicyclic) bond motifs is 2. The minimum atomic E-state index is -1.92. The summed E-state index contributed by atoms with van der Waals surface area (Å²) in [6.45, 7) is 12.6. The van der Waals surface area contributed by atoms with Crippen molar-refractivity contribution < 1.29 is 53.0 Å². The molecule has 3 fully saturated rings. The third kappa shape index (κ3) is 7.72. The van der Waals surface area contributed by atoms with E-state index in [1.54, 1.807) is 25.3 Å². The van der Waals surface area contributed by atoms with Gasteiger partial charge in [0.05, 0.1) is 25.0 Å². The number of carbonyl (C=O) groups excluding carboxylic acids is 3. The highest BCUT2D eigenvalue weighted by molar-refractivity contribution is 9.10. The van der Waals surface area contributed by atoms with Crippen molar-refractivity contribution in [3.63, 3.8) is 0 Å². The number of hydrogen-bond acceptors (Lipinski definition) is 11. The molecule has 1 spiro atoms. The fourth-order valence-electron chi connectivity index (χ4n) is 7.33. The maximum Gasteiger partial charge on any atom is 0.311 e. The van der Waals surface area contributed by atoms with Crippen LogP contribution in [-0.4, -0.2) is 71.2 Å². The Hall–Kier alpha value is -2.25. The van der Waals surface area contributed by atoms with Gasteiger partial charge >= 0.3 is 17.9 Å². The standard InChI is InChI=1S/C34H49BrO11/c1-18(9-12-26(41-8)24-13-23(37)10-11-25(24)35)31-20(3)28-16-34(45-31)32(6,7)15-19(2)33(40,46-34)17-30(39)43-27(14-29(38)44-28)21(4)42-22(5)36/h10-11,13,18-21,26-28,31,37,40H,9,12,14-17H2,1-8H3/t18-,19+,20-,21+,26-,27+,28-,31+,33-,34-/m0/s1. The van der Waals surface area contributed by atoms with Gasteiger partial charge in [0.1, 0.15) is 24.1 Å². The molecule has 2 N–H and O–H groups in total. The van der Waals surface area contributed by atoms with E-state index in [0.717, 1.165) is 10.0 Å². The van der Waals surface area contributed by atoms with E-state index in [0.29, 0.717) is 19.3 Å². The summed E-state index contributed by atoms with van der Waals surface area (Å²) >= 11 is 3.56. The zero-order chi connectivity index (χ0) is 34.2. The summed E-state index contributed by atoms with van der Waals surface area (Å²) in [5, 5.41) is 22.0. The number of ether oxygens (including phenoxy) is 6. The normalized spacial score (nSPS) is 35.0. The molecule has 3 aliphatic heterocycles. The number of aromatic hydroxyl groups is 1. The molecule has 0 aliphatic carbocycles. The van der Waals surface area contributed by atoms with Crippen LogP contribution in [0.15, 0.2) is 22.7 Å². The Morgan fingerprint density at radius 3 is 2.46 bits per heavy atom. The molecule has 12 heteroatoms. The number of methoxy groups -OCH3 is 1. The number of halogens is 1. The molecule has 1 aromatic rings. The first-order valence-electron chi connectivity index (χ1n) is 16.1. The highest BCUT2D eigenvalue weighted by Crippen LogP contribution is 2.57. The number of rotatable bonds is 8. The second kappa shape index (κ2) is 14.1. The lowest BCUT2D eigenvalue weighted by atomic mass is 9.66. The summed E-state index contributed by atoms with van der Waals surface area (Å²) < 4.78 is 37.1. The third-order valence-electron chi connectivity index (χ3n) is 10.1. The predicted molar refractivity (Wildman–Crippen MR) is 169 cm³/mol. The van der Waals surface area contributed by atoms with Gasteiger partial charge in [-0.1, -0.05) is 50.5 Å². The van der Waals surface area contributed by atoms with E-state index in [-0.39, 0.29) is 36.5 Å². The van der Waals surface area contributed by atoms with E-state index in [4.69, 9.17) is 28.4 Å². The van der Waals surface area contributed by atoms with E-state index < -0.39 is 71.7 Å². The lowest BCUT2D eigenvalue weighted by Gasteiger charge is -2.61. The van der Waals surface area contributed by atoms with Crippen molar-refractivity contribution in [3.8, 4) is 5.75 Å². The Kier molecular flexibility index (Phi) is 11.2. The molecular formula is C34H49BrO11. The van der Waals surface area contributed by atoms with Crippen molar-refractivity contribution in [2.75, 3.05) is 7.11 Å². The summed E-state index contributed by atoms with van der Waals surface area (Å²) in [7, 11) is 1.63. The Morgan fingerprint density at radius 2 is 1.80 bits per heavy atom. The molecule has 3 aliphatic rings. The molecule has 1 aromatic carbocycles. The number of aliphatic hydroxyl groups is 1. The molecule has 10 atom stereocenters. The average Bonchev–Trinajstić information content (AvgIpc) is 2.94. The number of carbonyl (C=O) groups is 3. The van der Waals surface area contributed by atoms with Crippen molar-refractivity contribution in [3.05, 3.63) is 28.2 Å². The molecule has 3 saturated heterocycles. The Balaban J connectivity index is 1.67. The van der Waals surface area contributed by atoms with Crippen LogP contribution in [0.2, 0.25) is 0 Å². The Bertz CT molecular complexity index is 1290. The monoisotopic (exact) mass is 712 g/mol. The third-order valence-corrected chi connectivity index (χ3v) is 10.8. The molecule has 0 aromatic heterocycles. The maximum absolute atomic E-state index is 13.4. The summed E-state index contributed by atoms with van der Waals surface area (Å²) in [5.41, 5.74) is 0.189. The van der Waals surface area contributed by atoms with E-state index in [1.165, 1.54) is 13.8 Å². The fraction of sp³-hybridized carbons (Fsp3) is 0.735. The number of phenols is 1. The lowest BCUT2D eigenvalue weighted by molar-refractivity contribution is -0.452. The van der Waals surface area contributed by atoms with Gasteiger partial charge < -0.3 is 38.6 Å². The second-order valence-electron chi connectivity index (χ2n) is 14.1. The fourth-order valence-corrected chi connectivity index (χ4v) is 7.84. The molecule has 0 saturated carbocycles. The summed E-state index contributed by atoms with van der Waals surface area (Å²) in [4.78, 5) is 38.3. The van der Waals surface area contributed by atoms with Crippen LogP contribution >= 0.6 is 15.9 Å². The van der Waals surface area contributed by atoms with Crippen LogP contribution in [0.4, 0.5) is 0 Å². The highest BCUT2D eigenvalue weighted by Gasteiger charge is 2.64. The van der Waals surface area contributed by atoms with Crippen LogP contribution in [0, 0.1) is 23.2 Å². The summed E-state index contributed by atoms with van der Waals surface area (Å²) in [6.07, 6.45) is -2.40. The molecule has 0 radical (unpaired) electrons. The summed E-state index contributed by atoms with van der Waals surface area (Å²) in [6, 6.07) is 5.06. The van der Waals surface area contributed by atoms with Gasteiger partial charge in [-0.3, -0.25) is 14.4 Å². The molecule has 3 heterocycles. The van der Waals surface area contributed by atoms with Gasteiger partial charge in [0.2, 0.25) is 0 Å². The number of cyclic esters (lactones) is 1. The predicted octanol–water partition coefficient (Wildman–Crippen LogP) is 5.72. The smallest absolute Gasteiger partial charge is 0.311 e. The maximum atomic E-state index is 13.4. The van der Waals surface area contributed by atoms with E-state index in [1.807, 2.05) is 27.7 Å². The van der Waals surface area contributed by atoms with Crippen molar-refractivity contribution in [2.45, 2.75) is 129 Å². The average molecular weight is 714 g/mol. The van der Waals surface area contributed by atoms with Gasteiger partial charge in [0.15, 0.2) is 11.6 Å². The molecular weight excluding hydrogens is 664 g/mol. The molecule has 11 nitrogen and oxygen atoms in total. The van der Waals surface area contributed by atoms with Crippen LogP contribution in [0.3, 0.4) is 0 Å². The minimum absolute atomic E-state index is 0.0800. The minimum Gasteiger partial charge on any atom is -0.508 e. The molecule has 3 bridgehead atoms. The first kappa shape index (κ1) is 36.6. The number of benzene rings is 1. The lowest BCUT2D eigenvalue weighted by Crippen LogP contribution is -2.68. The van der Waals surface area contributed by atoms with Crippen molar-refractivity contribution in [2.24, 2.45) is 23.2 Å². The van der Waals surface area contributed by atoms with Crippen LogP contribution in [-0.2, 0) is 42.8 Å². The first-order chi connectivity index (χ1) is 21.4. The van der Waals surface area contributed by atoms with Crippen molar-refractivity contribution in [1.82, 2.24) is 0 Å². The molecule has 0 unspecified atom stereocenters. The Labute approximate surface area is 279 Å². The summed E-state index contributed by atoms with van der Waals surface area (Å²) in [5.74, 6) is -5.96. The van der Waals surface area contributed by atoms with E-state index >= 15 is 0 Å². The van der Waals surface area contributed by atoms with Gasteiger partial charge in [-0.25, -0.2) is 0 Å². The van der Waals surface area contributed by atoms with Crippen LogP contribution in [0.5, 0.6) is 5.75 Å². The molecule has 0 amide bonds. The van der Waals surface area contributed by atoms with Gasteiger partial charge in [0, 0.05) is 42.2 Å². The van der Waals surface area contributed by atoms with Gasteiger partial charge in [-0.05, 0) is 55.9 Å². The highest BCUT2D eigenvalue weighted by atomic mass is 79.9. The number of esters is 3. The van der Waals surface area contributed by atoms with Gasteiger partial charge in [-0.15, -0.1) is 0 Å². The SMILES string of the molecule is CO[C@@H](CC[C@H](C)[C@H]1O[C@@]23C[C@H](OC(=O)C[C@H]([C@@H](C)OC(C)=O)OC(=O)C[C@](O)(O2)[C@H](C)CC3(C)C)[C@@H]1C)c1cc(O)ccc1Br. The Morgan fingerprint density at radius 1 is 1.11 bits per heavy atom. The van der Waals surface area contributed by atoms with Crippen molar-refractivity contribution >= 4 is 33.8 Å². The topological polar surface area (TPSA) is 147 Å². The van der Waals surface area contributed by atoms with Gasteiger partial charge in [-0.2, -0.15) is 0 Å². The molecule has 46 heavy (non-hydrogen) atoms. The van der Waals surface area contributed by atoms with E-state index in [2.05, 4.69) is 22.9 Å². The number of hydrogen-bond donors (Lipinski definition) is 2. The molecule has 4 rings (SSSR count). The van der Waals surface area contributed by atoms with E-state index in [9.17, 15) is 24.6 Å². The van der Waals surface area contributed by atoms with Crippen LogP contribution < -0.4 is 0 Å². The van der Waals surface area contributed by atoms with Crippen LogP contribution in [0.1, 0.15) is 98.7 Å². The zero-order valence-corrected chi connectivity index (χ0v) is 29.6. The van der Waals surface area contributed by atoms with Crippen LogP contribution in [0.25, 0.3) is 0 Å². The van der Waals surface area contributed by atoms with Gasteiger partial charge in [0.25, 0.3) is 0 Å². The van der Waals surface area contributed by atoms with Crippen molar-refractivity contribution in [1.29, 1.82) is 0 Å². The number of phenolic OH excluding ortho intramolecular Hbond substituents is 1. The first-order valence-corrected chi connectivity index (χ1v) is 16.9. The second-order valence-corrected chi connectivity index (χ2v) is 14.9. The largest absolute Gasteiger partial charge is 0.508 e.